The summed E-state index contributed by atoms with van der Waals surface area (Å²) in [6.07, 6.45) is 5.26. The Kier molecular flexibility index (Phi) is 4.08. The summed E-state index contributed by atoms with van der Waals surface area (Å²) in [4.78, 5) is 20.7. The molecule has 1 atom stereocenters. The maximum absolute atomic E-state index is 12.7. The van der Waals surface area contributed by atoms with Gasteiger partial charge in [0.05, 0.1) is 21.6 Å². The van der Waals surface area contributed by atoms with E-state index in [1.165, 1.54) is 10.6 Å². The molecule has 1 N–H and O–H groups in total. The van der Waals surface area contributed by atoms with E-state index in [2.05, 4.69) is 17.2 Å². The van der Waals surface area contributed by atoms with Gasteiger partial charge in [-0.1, -0.05) is 0 Å². The van der Waals surface area contributed by atoms with Crippen LogP contribution in [-0.4, -0.2) is 35.9 Å². The van der Waals surface area contributed by atoms with Crippen LogP contribution in [-0.2, 0) is 11.2 Å². The first kappa shape index (κ1) is 14.0. The minimum absolute atomic E-state index is 0.209. The second-order valence-electron chi connectivity index (χ2n) is 5.93. The molecule has 2 aliphatic rings. The number of thiazole rings is 1. The first-order valence-corrected chi connectivity index (χ1v) is 8.42. The number of amides is 1. The fraction of sp³-hybridized carbons (Fsp3) is 0.733. The number of hydrogen-bond acceptors (Lipinski definition) is 4. The van der Waals surface area contributed by atoms with Gasteiger partial charge in [0.15, 0.2) is 0 Å². The van der Waals surface area contributed by atoms with Crippen molar-refractivity contribution < 1.29 is 4.79 Å². The van der Waals surface area contributed by atoms with Crippen LogP contribution in [0.3, 0.4) is 0 Å². The first-order valence-electron chi connectivity index (χ1n) is 7.60. The molecule has 1 aliphatic heterocycles. The number of carbonyl (C=O) groups excluding carboxylic acids is 1. The Morgan fingerprint density at radius 1 is 1.35 bits per heavy atom. The summed E-state index contributed by atoms with van der Waals surface area (Å²) in [6.45, 7) is 4.01. The van der Waals surface area contributed by atoms with Gasteiger partial charge in [-0.25, -0.2) is 4.98 Å². The normalized spacial score (nSPS) is 23.4. The topological polar surface area (TPSA) is 45.2 Å². The van der Waals surface area contributed by atoms with E-state index in [1.54, 1.807) is 11.3 Å². The minimum Gasteiger partial charge on any atom is -0.338 e. The van der Waals surface area contributed by atoms with Gasteiger partial charge in [0.2, 0.25) is 5.91 Å². The van der Waals surface area contributed by atoms with Crippen molar-refractivity contribution in [3.8, 4) is 0 Å². The highest BCUT2D eigenvalue weighted by atomic mass is 32.1. The van der Waals surface area contributed by atoms with E-state index in [0.717, 1.165) is 50.2 Å². The lowest BCUT2D eigenvalue weighted by atomic mass is 9.93. The maximum Gasteiger partial charge on any atom is 0.226 e. The second kappa shape index (κ2) is 5.82. The quantitative estimate of drug-likeness (QED) is 0.910. The lowest BCUT2D eigenvalue weighted by molar-refractivity contribution is -0.137. The molecule has 2 heterocycles. The number of aromatic nitrogens is 1. The summed E-state index contributed by atoms with van der Waals surface area (Å²) in [6, 6.07) is 0.257. The van der Waals surface area contributed by atoms with Crippen molar-refractivity contribution in [3.05, 3.63) is 15.6 Å². The second-order valence-corrected chi connectivity index (χ2v) is 7.16. The molecule has 3 rings (SSSR count). The minimum atomic E-state index is 0.209. The van der Waals surface area contributed by atoms with Crippen LogP contribution in [0.2, 0.25) is 0 Å². The summed E-state index contributed by atoms with van der Waals surface area (Å²) < 4.78 is 0. The summed E-state index contributed by atoms with van der Waals surface area (Å²) >= 11 is 1.77. The van der Waals surface area contributed by atoms with Gasteiger partial charge in [-0.2, -0.15) is 0 Å². The number of piperidine rings is 1. The molecule has 110 valence electrons. The van der Waals surface area contributed by atoms with Crippen LogP contribution >= 0.6 is 11.3 Å². The van der Waals surface area contributed by atoms with E-state index in [0.29, 0.717) is 5.91 Å². The Hall–Kier alpha value is -0.940. The Morgan fingerprint density at radius 2 is 2.10 bits per heavy atom. The number of fused-ring (bicyclic) bond motifs is 1. The SMILES string of the molecule is Cc1nc2c(s1)C(N(C)C(=O)C1CCNCC1)CCC2. The van der Waals surface area contributed by atoms with Crippen LogP contribution in [0.4, 0.5) is 0 Å². The molecule has 1 amide bonds. The Morgan fingerprint density at radius 3 is 2.85 bits per heavy atom. The third-order valence-electron chi connectivity index (χ3n) is 4.53. The molecule has 1 unspecified atom stereocenters. The monoisotopic (exact) mass is 293 g/mol. The number of nitrogens with zero attached hydrogens (tertiary/aromatic N) is 2. The van der Waals surface area contributed by atoms with Gasteiger partial charge >= 0.3 is 0 Å². The lowest BCUT2D eigenvalue weighted by Crippen LogP contribution is -2.41. The summed E-state index contributed by atoms with van der Waals surface area (Å²) in [5.41, 5.74) is 1.23. The van der Waals surface area contributed by atoms with Crippen LogP contribution in [0.25, 0.3) is 0 Å². The Balaban J connectivity index is 1.77. The molecule has 1 fully saturated rings. The summed E-state index contributed by atoms with van der Waals surface area (Å²) in [7, 11) is 1.99. The molecule has 1 aliphatic carbocycles. The largest absolute Gasteiger partial charge is 0.338 e. The van der Waals surface area contributed by atoms with Gasteiger partial charge in [-0.05, 0) is 52.1 Å². The van der Waals surface area contributed by atoms with Crippen LogP contribution in [0.5, 0.6) is 0 Å². The van der Waals surface area contributed by atoms with E-state index in [4.69, 9.17) is 0 Å². The third-order valence-corrected chi connectivity index (χ3v) is 5.65. The zero-order valence-corrected chi connectivity index (χ0v) is 13.1. The zero-order chi connectivity index (χ0) is 14.1. The van der Waals surface area contributed by atoms with Gasteiger partial charge < -0.3 is 10.2 Å². The molecule has 1 saturated heterocycles. The standard InChI is InChI=1S/C15H23N3OS/c1-10-17-12-4-3-5-13(14(12)20-10)18(2)15(19)11-6-8-16-9-7-11/h11,13,16H,3-9H2,1-2H3. The van der Waals surface area contributed by atoms with Crippen molar-refractivity contribution in [1.82, 2.24) is 15.2 Å². The number of rotatable bonds is 2. The first-order chi connectivity index (χ1) is 9.66. The van der Waals surface area contributed by atoms with Crippen molar-refractivity contribution in [1.29, 1.82) is 0 Å². The zero-order valence-electron chi connectivity index (χ0n) is 12.3. The Labute approximate surface area is 124 Å². The van der Waals surface area contributed by atoms with Crippen LogP contribution in [0.15, 0.2) is 0 Å². The molecule has 20 heavy (non-hydrogen) atoms. The highest BCUT2D eigenvalue weighted by molar-refractivity contribution is 7.11. The molecular weight excluding hydrogens is 270 g/mol. The molecule has 0 spiro atoms. The van der Waals surface area contributed by atoms with Gasteiger partial charge in [-0.15, -0.1) is 11.3 Å². The van der Waals surface area contributed by atoms with Crippen LogP contribution in [0.1, 0.15) is 47.3 Å². The van der Waals surface area contributed by atoms with Crippen LogP contribution in [0, 0.1) is 12.8 Å². The highest BCUT2D eigenvalue weighted by Crippen LogP contribution is 2.38. The van der Waals surface area contributed by atoms with E-state index < -0.39 is 0 Å². The number of hydrogen-bond donors (Lipinski definition) is 1. The average molecular weight is 293 g/mol. The maximum atomic E-state index is 12.7. The molecule has 4 nitrogen and oxygen atoms in total. The van der Waals surface area contributed by atoms with Crippen molar-refractivity contribution in [2.75, 3.05) is 20.1 Å². The van der Waals surface area contributed by atoms with Crippen molar-refractivity contribution in [3.63, 3.8) is 0 Å². The fourth-order valence-corrected chi connectivity index (χ4v) is 4.55. The molecule has 5 heteroatoms. The molecule has 0 radical (unpaired) electrons. The predicted octanol–water partition coefficient (Wildman–Crippen LogP) is 2.29. The van der Waals surface area contributed by atoms with E-state index in [9.17, 15) is 4.79 Å². The highest BCUT2D eigenvalue weighted by Gasteiger charge is 2.32. The van der Waals surface area contributed by atoms with Crippen molar-refractivity contribution >= 4 is 17.2 Å². The molecule has 0 saturated carbocycles. The van der Waals surface area contributed by atoms with Gasteiger partial charge in [-0.3, -0.25) is 4.79 Å². The number of carbonyl (C=O) groups is 1. The molecule has 1 aromatic heterocycles. The lowest BCUT2D eigenvalue weighted by Gasteiger charge is -2.34. The molecule has 1 aromatic rings. The molecule has 0 bridgehead atoms. The molecular formula is C15H23N3OS. The number of aryl methyl sites for hydroxylation is 2. The molecule has 0 aromatic carbocycles. The van der Waals surface area contributed by atoms with Crippen molar-refractivity contribution in [2.45, 2.75) is 45.1 Å². The summed E-state index contributed by atoms with van der Waals surface area (Å²) in [5.74, 6) is 0.538. The van der Waals surface area contributed by atoms with Gasteiger partial charge in [0.1, 0.15) is 0 Å². The Bertz CT molecular complexity index is 493. The smallest absolute Gasteiger partial charge is 0.226 e. The van der Waals surface area contributed by atoms with Gasteiger partial charge in [0, 0.05) is 13.0 Å². The average Bonchev–Trinajstić information content (AvgIpc) is 2.86. The third kappa shape index (κ3) is 2.61. The van der Waals surface area contributed by atoms with E-state index in [1.807, 2.05) is 11.9 Å². The van der Waals surface area contributed by atoms with E-state index in [-0.39, 0.29) is 12.0 Å². The van der Waals surface area contributed by atoms with Gasteiger partial charge in [0.25, 0.3) is 0 Å². The van der Waals surface area contributed by atoms with E-state index >= 15 is 0 Å². The summed E-state index contributed by atoms with van der Waals surface area (Å²) in [5, 5.41) is 4.46. The van der Waals surface area contributed by atoms with Crippen LogP contribution < -0.4 is 5.32 Å². The van der Waals surface area contributed by atoms with Crippen molar-refractivity contribution in [2.24, 2.45) is 5.92 Å². The number of nitrogens with one attached hydrogen (secondary N) is 1. The fourth-order valence-electron chi connectivity index (χ4n) is 3.40. The predicted molar refractivity (Wildman–Crippen MR) is 80.9 cm³/mol.